The SMILES string of the molecule is CCCn1c(CC(=O)C(CC)CN)nc2ccccc21. The van der Waals surface area contributed by atoms with Gasteiger partial charge in [-0.25, -0.2) is 4.98 Å². The van der Waals surface area contributed by atoms with Crippen LogP contribution in [0.2, 0.25) is 0 Å². The quantitative estimate of drug-likeness (QED) is 0.843. The number of Topliss-reactive ketones (excluding diaryl/α,β-unsaturated/α-hetero) is 1. The first-order valence-electron chi connectivity index (χ1n) is 7.38. The Hall–Kier alpha value is -1.68. The Kier molecular flexibility index (Phi) is 4.90. The van der Waals surface area contributed by atoms with Crippen molar-refractivity contribution in [2.75, 3.05) is 6.54 Å². The molecule has 1 heterocycles. The largest absolute Gasteiger partial charge is 0.330 e. The fraction of sp³-hybridized carbons (Fsp3) is 0.500. The molecule has 4 heteroatoms. The molecule has 0 fully saturated rings. The predicted octanol–water partition coefficient (Wildman–Crippen LogP) is 2.54. The van der Waals surface area contributed by atoms with Crippen molar-refractivity contribution in [2.45, 2.75) is 39.7 Å². The molecule has 0 radical (unpaired) electrons. The van der Waals surface area contributed by atoms with Crippen LogP contribution in [0.25, 0.3) is 11.0 Å². The van der Waals surface area contributed by atoms with E-state index < -0.39 is 0 Å². The van der Waals surface area contributed by atoms with E-state index in [2.05, 4.69) is 22.5 Å². The van der Waals surface area contributed by atoms with Gasteiger partial charge >= 0.3 is 0 Å². The Morgan fingerprint density at radius 3 is 2.75 bits per heavy atom. The molecule has 0 aliphatic rings. The van der Waals surface area contributed by atoms with Crippen LogP contribution in [0, 0.1) is 5.92 Å². The minimum absolute atomic E-state index is 0.0510. The summed E-state index contributed by atoms with van der Waals surface area (Å²) in [4.78, 5) is 16.9. The Balaban J connectivity index is 2.33. The van der Waals surface area contributed by atoms with E-state index in [4.69, 9.17) is 5.73 Å². The molecule has 20 heavy (non-hydrogen) atoms. The van der Waals surface area contributed by atoms with Crippen molar-refractivity contribution in [2.24, 2.45) is 11.7 Å². The molecule has 2 aromatic rings. The molecule has 1 aromatic carbocycles. The third kappa shape index (κ3) is 2.90. The van der Waals surface area contributed by atoms with Crippen molar-refractivity contribution in [3.63, 3.8) is 0 Å². The number of rotatable bonds is 7. The number of nitrogens with two attached hydrogens (primary N) is 1. The summed E-state index contributed by atoms with van der Waals surface area (Å²) in [6.45, 7) is 5.45. The molecular weight excluding hydrogens is 250 g/mol. The van der Waals surface area contributed by atoms with Crippen molar-refractivity contribution >= 4 is 16.8 Å². The Labute approximate surface area is 120 Å². The number of ketones is 1. The molecule has 2 rings (SSSR count). The topological polar surface area (TPSA) is 60.9 Å². The van der Waals surface area contributed by atoms with Crippen LogP contribution in [0.4, 0.5) is 0 Å². The van der Waals surface area contributed by atoms with E-state index in [9.17, 15) is 4.79 Å². The lowest BCUT2D eigenvalue weighted by atomic mass is 9.99. The molecule has 0 saturated heterocycles. The van der Waals surface area contributed by atoms with Crippen LogP contribution in [0.5, 0.6) is 0 Å². The highest BCUT2D eigenvalue weighted by Gasteiger charge is 2.19. The number of aryl methyl sites for hydroxylation is 1. The van der Waals surface area contributed by atoms with E-state index in [1.54, 1.807) is 0 Å². The number of carbonyl (C=O) groups excluding carboxylic acids is 1. The molecule has 1 atom stereocenters. The maximum atomic E-state index is 12.3. The third-order valence-electron chi connectivity index (χ3n) is 3.75. The van der Waals surface area contributed by atoms with E-state index in [1.807, 2.05) is 25.1 Å². The molecule has 0 amide bonds. The fourth-order valence-corrected chi connectivity index (χ4v) is 2.56. The highest BCUT2D eigenvalue weighted by Crippen LogP contribution is 2.18. The zero-order chi connectivity index (χ0) is 14.5. The molecule has 2 N–H and O–H groups in total. The second-order valence-electron chi connectivity index (χ2n) is 5.15. The van der Waals surface area contributed by atoms with Crippen molar-refractivity contribution in [1.29, 1.82) is 0 Å². The molecule has 1 unspecified atom stereocenters. The number of aromatic nitrogens is 2. The highest BCUT2D eigenvalue weighted by atomic mass is 16.1. The number of carbonyl (C=O) groups is 1. The molecule has 0 aliphatic heterocycles. The van der Waals surface area contributed by atoms with Gasteiger partial charge in [-0.2, -0.15) is 0 Å². The number of para-hydroxylation sites is 2. The summed E-state index contributed by atoms with van der Waals surface area (Å²) >= 11 is 0. The van der Waals surface area contributed by atoms with Crippen molar-refractivity contribution in [3.05, 3.63) is 30.1 Å². The normalized spacial score (nSPS) is 12.8. The van der Waals surface area contributed by atoms with E-state index >= 15 is 0 Å². The Bertz CT molecular complexity index is 584. The lowest BCUT2D eigenvalue weighted by Gasteiger charge is -2.12. The van der Waals surface area contributed by atoms with Crippen LogP contribution in [0.15, 0.2) is 24.3 Å². The summed E-state index contributed by atoms with van der Waals surface area (Å²) in [7, 11) is 0. The molecule has 0 spiro atoms. The maximum absolute atomic E-state index is 12.3. The lowest BCUT2D eigenvalue weighted by molar-refractivity contribution is -0.122. The van der Waals surface area contributed by atoms with E-state index in [0.29, 0.717) is 13.0 Å². The van der Waals surface area contributed by atoms with Crippen molar-refractivity contribution in [3.8, 4) is 0 Å². The first-order chi connectivity index (χ1) is 9.71. The smallest absolute Gasteiger partial charge is 0.144 e. The van der Waals surface area contributed by atoms with Gasteiger partial charge in [0.1, 0.15) is 11.6 Å². The molecule has 1 aromatic heterocycles. The summed E-state index contributed by atoms with van der Waals surface area (Å²) in [6.07, 6.45) is 2.20. The summed E-state index contributed by atoms with van der Waals surface area (Å²) in [5.74, 6) is 1.01. The average molecular weight is 273 g/mol. The van der Waals surface area contributed by atoms with E-state index in [-0.39, 0.29) is 11.7 Å². The molecule has 4 nitrogen and oxygen atoms in total. The predicted molar refractivity (Wildman–Crippen MR) is 81.6 cm³/mol. The van der Waals surface area contributed by atoms with E-state index in [0.717, 1.165) is 36.2 Å². The van der Waals surface area contributed by atoms with Crippen molar-refractivity contribution < 1.29 is 4.79 Å². The molecule has 0 saturated carbocycles. The van der Waals surface area contributed by atoms with Crippen LogP contribution in [-0.2, 0) is 17.8 Å². The van der Waals surface area contributed by atoms with Crippen molar-refractivity contribution in [1.82, 2.24) is 9.55 Å². The first kappa shape index (κ1) is 14.7. The van der Waals surface area contributed by atoms with Crippen LogP contribution < -0.4 is 5.73 Å². The van der Waals surface area contributed by atoms with Crippen LogP contribution in [0.1, 0.15) is 32.5 Å². The summed E-state index contributed by atoms with van der Waals surface area (Å²) in [6, 6.07) is 8.05. The van der Waals surface area contributed by atoms with Crippen LogP contribution >= 0.6 is 0 Å². The number of hydrogen-bond acceptors (Lipinski definition) is 3. The zero-order valence-corrected chi connectivity index (χ0v) is 12.3. The van der Waals surface area contributed by atoms with Crippen LogP contribution in [0.3, 0.4) is 0 Å². The van der Waals surface area contributed by atoms with Gasteiger partial charge in [-0.1, -0.05) is 26.0 Å². The second-order valence-corrected chi connectivity index (χ2v) is 5.15. The lowest BCUT2D eigenvalue weighted by Crippen LogP contribution is -2.25. The summed E-state index contributed by atoms with van der Waals surface area (Å²) < 4.78 is 2.16. The molecule has 0 aliphatic carbocycles. The Morgan fingerprint density at radius 2 is 2.10 bits per heavy atom. The number of nitrogens with zero attached hydrogens (tertiary/aromatic N) is 2. The standard InChI is InChI=1S/C16H23N3O/c1-3-9-19-14-8-6-5-7-13(14)18-16(19)10-15(20)12(4-2)11-17/h5-8,12H,3-4,9-11,17H2,1-2H3. The minimum atomic E-state index is -0.0510. The van der Waals surface area contributed by atoms with Gasteiger partial charge in [0, 0.05) is 19.0 Å². The minimum Gasteiger partial charge on any atom is -0.330 e. The first-order valence-corrected chi connectivity index (χ1v) is 7.38. The van der Waals surface area contributed by atoms with Gasteiger partial charge in [0.25, 0.3) is 0 Å². The monoisotopic (exact) mass is 273 g/mol. The van der Waals surface area contributed by atoms with Gasteiger partial charge < -0.3 is 10.3 Å². The van der Waals surface area contributed by atoms with Gasteiger partial charge in [-0.15, -0.1) is 0 Å². The van der Waals surface area contributed by atoms with Gasteiger partial charge in [0.15, 0.2) is 0 Å². The number of imidazole rings is 1. The van der Waals surface area contributed by atoms with Gasteiger partial charge in [-0.3, -0.25) is 4.79 Å². The Morgan fingerprint density at radius 1 is 1.35 bits per heavy atom. The molecule has 0 bridgehead atoms. The van der Waals surface area contributed by atoms with Gasteiger partial charge in [0.05, 0.1) is 17.5 Å². The summed E-state index contributed by atoms with van der Waals surface area (Å²) in [5, 5.41) is 0. The third-order valence-corrected chi connectivity index (χ3v) is 3.75. The van der Waals surface area contributed by atoms with Gasteiger partial charge in [0.2, 0.25) is 0 Å². The molecular formula is C16H23N3O. The summed E-state index contributed by atoms with van der Waals surface area (Å²) in [5.41, 5.74) is 7.73. The second kappa shape index (κ2) is 6.66. The molecule has 108 valence electrons. The number of hydrogen-bond donors (Lipinski definition) is 1. The fourth-order valence-electron chi connectivity index (χ4n) is 2.56. The average Bonchev–Trinajstić information content (AvgIpc) is 2.79. The number of benzene rings is 1. The zero-order valence-electron chi connectivity index (χ0n) is 12.3. The number of fused-ring (bicyclic) bond motifs is 1. The van der Waals surface area contributed by atoms with E-state index in [1.165, 1.54) is 0 Å². The maximum Gasteiger partial charge on any atom is 0.144 e. The van der Waals surface area contributed by atoms with Gasteiger partial charge in [-0.05, 0) is 25.0 Å². The highest BCUT2D eigenvalue weighted by molar-refractivity contribution is 5.84. The van der Waals surface area contributed by atoms with Crippen LogP contribution in [-0.4, -0.2) is 21.9 Å².